The number of aromatic nitrogens is 3. The predicted molar refractivity (Wildman–Crippen MR) is 379 cm³/mol. The van der Waals surface area contributed by atoms with Crippen LogP contribution in [0.25, 0.3) is 10.9 Å². The number of aromatic amines is 2. The van der Waals surface area contributed by atoms with Crippen LogP contribution in [0.2, 0.25) is 0 Å². The average molecular weight is 1460 g/mol. The number of thiol groups is 1. The molecule has 558 valence electrons. The molecule has 0 saturated heterocycles. The SMILES string of the molecule is CSC[C@@H](C)[C@@](C)(C(N)=O)N(CNC(C)=O)C(=O)[C@H](CC(C)C)NC(=O)[C@H](Cc1c[nH]cn1)NC(=O)CNC(=O)[C@@H](NC(=O)[C@H](C)NC(=O)[C@H](Cc1c[nH]c2ccccc12)NC(=O)[C@H](CCC(N)=O)N(C(=O)CNC(=O)[C@H](CS)NC(=O)[C@H](CO)NC(=O)CN)C(=O)c1ccc(N)cc1)C(C)C. The molecule has 0 unspecified atom stereocenters. The molecule has 2 aromatic carbocycles. The Kier molecular flexibility index (Phi) is 33.3. The average Bonchev–Trinajstić information content (AvgIpc) is 0.962. The molecule has 0 bridgehead atoms. The van der Waals surface area contributed by atoms with E-state index in [0.717, 1.165) is 4.90 Å². The molecule has 0 radical (unpaired) electrons. The number of aliphatic hydroxyl groups excluding tert-OH is 1. The molecule has 4 aromatic rings. The zero-order valence-corrected chi connectivity index (χ0v) is 60.0. The van der Waals surface area contributed by atoms with E-state index in [1.165, 1.54) is 69.3 Å². The molecule has 0 aliphatic carbocycles. The number of nitrogen functional groups attached to an aromatic ring is 1. The van der Waals surface area contributed by atoms with Gasteiger partial charge in [-0.15, -0.1) is 0 Å². The summed E-state index contributed by atoms with van der Waals surface area (Å²) in [6.45, 7) is 8.73. The summed E-state index contributed by atoms with van der Waals surface area (Å²) in [5.74, 6) is -15.7. The maximum Gasteiger partial charge on any atom is 0.261 e. The second kappa shape index (κ2) is 40.3. The van der Waals surface area contributed by atoms with E-state index in [1.807, 2.05) is 0 Å². The normalized spacial score (nSPS) is 14.4. The van der Waals surface area contributed by atoms with Gasteiger partial charge in [0.1, 0.15) is 53.9 Å². The summed E-state index contributed by atoms with van der Waals surface area (Å²) in [7, 11) is 0. The number of primary amides is 2. The number of hydrogen-bond donors (Lipinski definition) is 18. The molecule has 0 saturated carbocycles. The lowest BCUT2D eigenvalue weighted by atomic mass is 9.84. The highest BCUT2D eigenvalue weighted by Crippen LogP contribution is 2.29. The number of thioether (sulfide) groups is 1. The standard InChI is InChI=1S/C65H95N19O16S2/c1-33(2)20-46(63(99)83(32-75-37(7)86)65(8,64(69)100)35(5)30-102-9)80-58(94)45(22-41-25-70-31-74-41)77-52(89)26-72-61(97)54(34(3)4)82-55(91)36(6)76-57(93)44(21-39-24-71-43-13-11-10-12-42(39)43)79-60(96)49(18-19-50(68)87)84(62(98)38-14-16-40(67)17-15-38)53(90)27-73-56(92)48(29-101)81-59(95)47(28-85)78-51(88)23-66/h10-17,24-25,31,33-36,44-49,54,71,85,101H,18-23,26-30,32,66-67H2,1-9H3,(H2,68,87)(H2,69,100)(H,70,74)(H,72,97)(H,73,92)(H,75,86)(H,76,93)(H,77,89)(H,78,88)(H,79,96)(H,80,94)(H,81,95)(H,82,91)/t35-,36+,44+,45+,46+,47+,48+,49+,54+,65+/m1/s1. The van der Waals surface area contributed by atoms with Crippen LogP contribution in [-0.2, 0) is 80.0 Å². The minimum absolute atomic E-state index is 0.0325. The van der Waals surface area contributed by atoms with Crippen LogP contribution in [0.1, 0.15) is 96.3 Å². The Balaban J connectivity index is 1.61. The van der Waals surface area contributed by atoms with Crippen LogP contribution in [0.4, 0.5) is 5.69 Å². The number of anilines is 1. The van der Waals surface area contributed by atoms with Crippen LogP contribution in [0.3, 0.4) is 0 Å². The van der Waals surface area contributed by atoms with E-state index in [9.17, 15) is 72.2 Å². The third-order valence-corrected chi connectivity index (χ3v) is 17.7. The number of amides is 15. The Morgan fingerprint density at radius 2 is 1.29 bits per heavy atom. The number of fused-ring (bicyclic) bond motifs is 1. The summed E-state index contributed by atoms with van der Waals surface area (Å²) >= 11 is 5.52. The molecule has 0 aliphatic heterocycles. The van der Waals surface area contributed by atoms with Crippen molar-refractivity contribution in [2.45, 2.75) is 141 Å². The zero-order chi connectivity index (χ0) is 76.3. The van der Waals surface area contributed by atoms with Crippen molar-refractivity contribution in [3.8, 4) is 0 Å². The molecule has 102 heavy (non-hydrogen) atoms. The summed E-state index contributed by atoms with van der Waals surface area (Å²) in [6, 6.07) is -0.420. The predicted octanol–water partition coefficient (Wildman–Crippen LogP) is -4.04. The second-order valence-corrected chi connectivity index (χ2v) is 26.4. The molecular weight excluding hydrogens is 1370 g/mol. The van der Waals surface area contributed by atoms with Crippen molar-refractivity contribution in [3.05, 3.63) is 84.1 Å². The van der Waals surface area contributed by atoms with Gasteiger partial charge in [0.25, 0.3) is 5.91 Å². The number of nitrogens with two attached hydrogens (primary N) is 4. The fraction of sp³-hybridized carbons (Fsp3) is 0.508. The van der Waals surface area contributed by atoms with E-state index in [1.54, 1.807) is 71.3 Å². The fourth-order valence-electron chi connectivity index (χ4n) is 10.5. The van der Waals surface area contributed by atoms with Crippen molar-refractivity contribution in [3.63, 3.8) is 0 Å². The van der Waals surface area contributed by atoms with Crippen LogP contribution in [0.15, 0.2) is 67.3 Å². The quantitative estimate of drug-likeness (QED) is 0.0114. The van der Waals surface area contributed by atoms with Crippen molar-refractivity contribution in [1.82, 2.24) is 77.9 Å². The third kappa shape index (κ3) is 24.6. The van der Waals surface area contributed by atoms with E-state index >= 15 is 4.79 Å². The van der Waals surface area contributed by atoms with E-state index in [4.69, 9.17) is 22.9 Å². The first-order chi connectivity index (χ1) is 48.1. The van der Waals surface area contributed by atoms with Crippen molar-refractivity contribution >= 4 is 130 Å². The Morgan fingerprint density at radius 3 is 1.87 bits per heavy atom. The topological polar surface area (TPSA) is 552 Å². The van der Waals surface area contributed by atoms with Gasteiger partial charge in [-0.05, 0) is 92.3 Å². The molecule has 21 N–H and O–H groups in total. The van der Waals surface area contributed by atoms with Crippen LogP contribution < -0.4 is 76.1 Å². The molecule has 0 spiro atoms. The van der Waals surface area contributed by atoms with E-state index in [-0.39, 0.29) is 36.4 Å². The van der Waals surface area contributed by atoms with E-state index < -0.39 is 206 Å². The highest BCUT2D eigenvalue weighted by atomic mass is 32.2. The third-order valence-electron chi connectivity index (χ3n) is 16.5. The maximum absolute atomic E-state index is 15.0. The number of carbonyl (C=O) groups is 15. The Labute approximate surface area is 598 Å². The number of imidazole rings is 1. The number of hydrogen-bond acceptors (Lipinski definition) is 21. The zero-order valence-electron chi connectivity index (χ0n) is 58.3. The molecule has 37 heteroatoms. The first kappa shape index (κ1) is 84.3. The van der Waals surface area contributed by atoms with Gasteiger partial charge >= 0.3 is 0 Å². The van der Waals surface area contributed by atoms with Gasteiger partial charge in [-0.25, -0.2) is 4.98 Å². The van der Waals surface area contributed by atoms with Gasteiger partial charge in [0.2, 0.25) is 82.7 Å². The summed E-state index contributed by atoms with van der Waals surface area (Å²) in [5.41, 5.74) is 22.5. The summed E-state index contributed by atoms with van der Waals surface area (Å²) < 4.78 is 0. The van der Waals surface area contributed by atoms with Crippen molar-refractivity contribution in [2.75, 3.05) is 56.4 Å². The fourth-order valence-corrected chi connectivity index (χ4v) is 11.6. The lowest BCUT2D eigenvalue weighted by molar-refractivity contribution is -0.152. The molecule has 35 nitrogen and oxygen atoms in total. The molecule has 4 rings (SSSR count). The number of para-hydroxylation sites is 1. The number of rotatable bonds is 41. The smallest absolute Gasteiger partial charge is 0.261 e. The van der Waals surface area contributed by atoms with E-state index in [2.05, 4.69) is 80.7 Å². The van der Waals surface area contributed by atoms with Crippen molar-refractivity contribution in [1.29, 1.82) is 0 Å². The van der Waals surface area contributed by atoms with Crippen LogP contribution in [0, 0.1) is 17.8 Å². The molecule has 10 atom stereocenters. The number of carbonyl (C=O) groups excluding carboxylic acids is 15. The minimum atomic E-state index is -1.99. The summed E-state index contributed by atoms with van der Waals surface area (Å²) in [4.78, 5) is 218. The van der Waals surface area contributed by atoms with Gasteiger partial charge < -0.3 is 96.1 Å². The summed E-state index contributed by atoms with van der Waals surface area (Å²) in [6.07, 6.45) is 4.35. The van der Waals surface area contributed by atoms with Crippen LogP contribution in [0.5, 0.6) is 0 Å². The van der Waals surface area contributed by atoms with Crippen LogP contribution in [-0.4, -0.2) is 223 Å². The van der Waals surface area contributed by atoms with Gasteiger partial charge in [-0.2, -0.15) is 24.4 Å². The number of nitrogens with zero attached hydrogens (tertiary/aromatic N) is 3. The minimum Gasteiger partial charge on any atom is -0.399 e. The number of H-pyrrole nitrogens is 2. The first-order valence-corrected chi connectivity index (χ1v) is 34.6. The first-order valence-electron chi connectivity index (χ1n) is 32.6. The van der Waals surface area contributed by atoms with Gasteiger partial charge in [0, 0.05) is 66.5 Å². The lowest BCUT2D eigenvalue weighted by Gasteiger charge is -2.44. The molecule has 0 fully saturated rings. The van der Waals surface area contributed by atoms with Crippen molar-refractivity contribution < 1.29 is 77.0 Å². The molecule has 2 aromatic heterocycles. The Morgan fingerprint density at radius 1 is 0.686 bits per heavy atom. The number of benzene rings is 2. The monoisotopic (exact) mass is 1460 g/mol. The molecular formula is C65H95N19O16S2. The van der Waals surface area contributed by atoms with Crippen molar-refractivity contribution in [2.24, 2.45) is 35.0 Å². The molecule has 0 aliphatic rings. The van der Waals surface area contributed by atoms with Crippen LogP contribution >= 0.6 is 24.4 Å². The van der Waals surface area contributed by atoms with E-state index in [0.29, 0.717) is 32.8 Å². The largest absolute Gasteiger partial charge is 0.399 e. The van der Waals surface area contributed by atoms with Gasteiger partial charge in [-0.3, -0.25) is 76.8 Å². The molecule has 15 amide bonds. The summed E-state index contributed by atoms with van der Waals surface area (Å²) in [5, 5.41) is 35.1. The van der Waals surface area contributed by atoms with Gasteiger partial charge in [-0.1, -0.05) is 52.8 Å². The Bertz CT molecular complexity index is 3630. The number of aliphatic hydroxyl groups is 1. The highest BCUT2D eigenvalue weighted by molar-refractivity contribution is 7.98. The molecule has 2 heterocycles. The lowest BCUT2D eigenvalue weighted by Crippen LogP contribution is -2.67. The Hall–Kier alpha value is -10.1. The maximum atomic E-state index is 15.0. The number of imide groups is 1. The second-order valence-electron chi connectivity index (χ2n) is 25.1. The highest BCUT2D eigenvalue weighted by Gasteiger charge is 2.48. The number of nitrogens with one attached hydrogen (secondary N) is 12. The van der Waals surface area contributed by atoms with Gasteiger partial charge in [0.15, 0.2) is 0 Å². The van der Waals surface area contributed by atoms with Gasteiger partial charge in [0.05, 0.1) is 44.9 Å².